The number of primary amides is 1. The number of nitrogens with one attached hydrogen (secondary N) is 1. The molecule has 0 radical (unpaired) electrons. The number of hydrogen-bond acceptors (Lipinski definition) is 4. The summed E-state index contributed by atoms with van der Waals surface area (Å²) in [5.41, 5.74) is 5.89. The molecule has 0 atom stereocenters. The van der Waals surface area contributed by atoms with E-state index in [4.69, 9.17) is 5.73 Å². The van der Waals surface area contributed by atoms with Gasteiger partial charge in [-0.25, -0.2) is 9.97 Å². The van der Waals surface area contributed by atoms with Gasteiger partial charge in [0.1, 0.15) is 11.6 Å². The number of hydrogen-bond donors (Lipinski definition) is 2. The molecular formula is C12H16N4O. The summed E-state index contributed by atoms with van der Waals surface area (Å²) in [6, 6.07) is 0. The van der Waals surface area contributed by atoms with Crippen LogP contribution in [0.2, 0.25) is 0 Å². The fraction of sp³-hybridized carbons (Fsp3) is 0.583. The average Bonchev–Trinajstić information content (AvgIpc) is 2.76. The maximum atomic E-state index is 11.3. The van der Waals surface area contributed by atoms with E-state index < -0.39 is 5.91 Å². The zero-order valence-corrected chi connectivity index (χ0v) is 9.86. The second-order valence-electron chi connectivity index (χ2n) is 5.26. The first-order valence-electron chi connectivity index (χ1n) is 6.00. The van der Waals surface area contributed by atoms with Crippen LogP contribution in [0.3, 0.4) is 0 Å². The fourth-order valence-electron chi connectivity index (χ4n) is 3.10. The molecule has 3 saturated carbocycles. The van der Waals surface area contributed by atoms with E-state index in [9.17, 15) is 4.79 Å². The Morgan fingerprint density at radius 1 is 1.59 bits per heavy atom. The lowest BCUT2D eigenvalue weighted by molar-refractivity contribution is 0.1000. The van der Waals surface area contributed by atoms with Crippen LogP contribution in [0.15, 0.2) is 6.20 Å². The molecule has 0 spiro atoms. The topological polar surface area (TPSA) is 80.9 Å². The van der Waals surface area contributed by atoms with Crippen molar-refractivity contribution in [2.45, 2.75) is 38.1 Å². The summed E-state index contributed by atoms with van der Waals surface area (Å²) in [5.74, 6) is 1.65. The minimum absolute atomic E-state index is 0.162. The highest BCUT2D eigenvalue weighted by atomic mass is 16.1. The van der Waals surface area contributed by atoms with Crippen molar-refractivity contribution in [3.05, 3.63) is 17.6 Å². The van der Waals surface area contributed by atoms with Crippen LogP contribution in [0.5, 0.6) is 0 Å². The molecule has 3 aliphatic rings. The van der Waals surface area contributed by atoms with Crippen LogP contribution >= 0.6 is 0 Å². The highest BCUT2D eigenvalue weighted by molar-refractivity contribution is 5.97. The van der Waals surface area contributed by atoms with Crippen molar-refractivity contribution in [3.63, 3.8) is 0 Å². The van der Waals surface area contributed by atoms with Crippen molar-refractivity contribution in [2.24, 2.45) is 11.7 Å². The number of amides is 1. The van der Waals surface area contributed by atoms with E-state index in [1.807, 2.05) is 6.92 Å². The van der Waals surface area contributed by atoms with Gasteiger partial charge in [-0.3, -0.25) is 4.79 Å². The molecule has 4 rings (SSSR count). The standard InChI is InChI=1S/C12H16N4O/c1-7-14-6-9(10(13)17)11(15-7)16-12-3-2-8(4-12)5-12/h6,8H,2-5H2,1H3,(H2,13,17)(H,14,15,16). The SMILES string of the molecule is Cc1ncc(C(N)=O)c(NC23CCC(C2)C3)n1. The van der Waals surface area contributed by atoms with E-state index in [1.54, 1.807) is 0 Å². The van der Waals surface area contributed by atoms with Gasteiger partial charge in [-0.15, -0.1) is 0 Å². The molecule has 2 bridgehead atoms. The van der Waals surface area contributed by atoms with E-state index in [0.29, 0.717) is 17.2 Å². The van der Waals surface area contributed by atoms with Gasteiger partial charge in [-0.05, 0) is 38.5 Å². The number of nitrogens with two attached hydrogens (primary N) is 1. The first-order valence-corrected chi connectivity index (χ1v) is 6.00. The summed E-state index contributed by atoms with van der Waals surface area (Å²) in [6.45, 7) is 1.81. The van der Waals surface area contributed by atoms with Gasteiger partial charge < -0.3 is 11.1 Å². The minimum Gasteiger partial charge on any atom is -0.365 e. The molecule has 1 amide bonds. The third-order valence-electron chi connectivity index (χ3n) is 3.95. The molecule has 90 valence electrons. The van der Waals surface area contributed by atoms with Gasteiger partial charge >= 0.3 is 0 Å². The molecule has 5 heteroatoms. The Kier molecular flexibility index (Phi) is 2.11. The number of carbonyl (C=O) groups is 1. The third-order valence-corrected chi connectivity index (χ3v) is 3.95. The summed E-state index contributed by atoms with van der Waals surface area (Å²) in [6.07, 6.45) is 6.33. The summed E-state index contributed by atoms with van der Waals surface area (Å²) in [4.78, 5) is 19.7. The summed E-state index contributed by atoms with van der Waals surface area (Å²) < 4.78 is 0. The van der Waals surface area contributed by atoms with Gasteiger partial charge in [-0.1, -0.05) is 0 Å². The number of nitrogens with zero attached hydrogens (tertiary/aromatic N) is 2. The Balaban J connectivity index is 1.91. The highest BCUT2D eigenvalue weighted by Gasteiger charge is 2.50. The Hall–Kier alpha value is -1.65. The molecule has 3 N–H and O–H groups in total. The largest absolute Gasteiger partial charge is 0.365 e. The van der Waals surface area contributed by atoms with E-state index >= 15 is 0 Å². The van der Waals surface area contributed by atoms with Gasteiger partial charge in [0.05, 0.1) is 5.56 Å². The average molecular weight is 232 g/mol. The van der Waals surface area contributed by atoms with Crippen molar-refractivity contribution in [1.82, 2.24) is 9.97 Å². The maximum absolute atomic E-state index is 11.3. The molecule has 3 aliphatic carbocycles. The van der Waals surface area contributed by atoms with Crippen LogP contribution in [-0.2, 0) is 0 Å². The second-order valence-corrected chi connectivity index (χ2v) is 5.26. The smallest absolute Gasteiger partial charge is 0.254 e. The molecule has 1 aromatic rings. The highest BCUT2D eigenvalue weighted by Crippen LogP contribution is 2.53. The van der Waals surface area contributed by atoms with Crippen molar-refractivity contribution in [2.75, 3.05) is 5.32 Å². The molecule has 0 aliphatic heterocycles. The Labute approximate surface area is 99.8 Å². The van der Waals surface area contributed by atoms with Gasteiger partial charge in [0, 0.05) is 11.7 Å². The fourth-order valence-corrected chi connectivity index (χ4v) is 3.10. The zero-order valence-electron chi connectivity index (χ0n) is 9.86. The second kappa shape index (κ2) is 3.42. The van der Waals surface area contributed by atoms with E-state index in [0.717, 1.165) is 5.92 Å². The zero-order chi connectivity index (χ0) is 12.0. The van der Waals surface area contributed by atoms with Gasteiger partial charge in [0.15, 0.2) is 0 Å². The van der Waals surface area contributed by atoms with E-state index in [1.165, 1.54) is 31.9 Å². The number of aryl methyl sites for hydroxylation is 1. The van der Waals surface area contributed by atoms with Gasteiger partial charge in [0.2, 0.25) is 0 Å². The Morgan fingerprint density at radius 3 is 2.94 bits per heavy atom. The van der Waals surface area contributed by atoms with Gasteiger partial charge in [-0.2, -0.15) is 0 Å². The predicted octanol–water partition coefficient (Wildman–Crippen LogP) is 1.24. The summed E-state index contributed by atoms with van der Waals surface area (Å²) in [7, 11) is 0. The Morgan fingerprint density at radius 2 is 2.35 bits per heavy atom. The molecule has 0 aromatic carbocycles. The molecule has 17 heavy (non-hydrogen) atoms. The lowest BCUT2D eigenvalue weighted by Crippen LogP contribution is -2.43. The van der Waals surface area contributed by atoms with Crippen molar-refractivity contribution in [3.8, 4) is 0 Å². The molecule has 0 saturated heterocycles. The number of carbonyl (C=O) groups excluding carboxylic acids is 1. The summed E-state index contributed by atoms with van der Waals surface area (Å²) >= 11 is 0. The van der Waals surface area contributed by atoms with Crippen LogP contribution in [0.25, 0.3) is 0 Å². The number of anilines is 1. The molecule has 1 heterocycles. The van der Waals surface area contributed by atoms with Crippen LogP contribution < -0.4 is 11.1 Å². The molecule has 1 aromatic heterocycles. The molecular weight excluding hydrogens is 216 g/mol. The maximum Gasteiger partial charge on any atom is 0.254 e. The first-order chi connectivity index (χ1) is 8.08. The number of fused-ring (bicyclic) bond motifs is 1. The monoisotopic (exact) mass is 232 g/mol. The van der Waals surface area contributed by atoms with Crippen LogP contribution in [-0.4, -0.2) is 21.4 Å². The van der Waals surface area contributed by atoms with E-state index in [2.05, 4.69) is 15.3 Å². The quantitative estimate of drug-likeness (QED) is 0.821. The third kappa shape index (κ3) is 1.66. The first kappa shape index (κ1) is 10.5. The van der Waals surface area contributed by atoms with Crippen molar-refractivity contribution in [1.29, 1.82) is 0 Å². The molecule has 0 unspecified atom stereocenters. The van der Waals surface area contributed by atoms with Crippen molar-refractivity contribution >= 4 is 11.7 Å². The van der Waals surface area contributed by atoms with Crippen molar-refractivity contribution < 1.29 is 4.79 Å². The Bertz CT molecular complexity index is 474. The lowest BCUT2D eigenvalue weighted by Gasteiger charge is -2.40. The van der Waals surface area contributed by atoms with Gasteiger partial charge in [0.25, 0.3) is 5.91 Å². The van der Waals surface area contributed by atoms with Crippen LogP contribution in [0.1, 0.15) is 41.9 Å². The summed E-state index contributed by atoms with van der Waals surface area (Å²) in [5, 5.41) is 3.42. The molecule has 3 fully saturated rings. The normalized spacial score (nSPS) is 29.8. The van der Waals surface area contributed by atoms with Crippen LogP contribution in [0.4, 0.5) is 5.82 Å². The number of rotatable bonds is 3. The lowest BCUT2D eigenvalue weighted by atomic mass is 9.77. The predicted molar refractivity (Wildman–Crippen MR) is 63.6 cm³/mol. The number of aromatic nitrogens is 2. The molecule has 5 nitrogen and oxygen atoms in total. The van der Waals surface area contributed by atoms with Crippen LogP contribution in [0, 0.1) is 12.8 Å². The minimum atomic E-state index is -0.474. The van der Waals surface area contributed by atoms with E-state index in [-0.39, 0.29) is 5.54 Å².